The molecule has 0 radical (unpaired) electrons. The van der Waals surface area contributed by atoms with Crippen molar-refractivity contribution in [2.45, 2.75) is 32.1 Å². The zero-order valence-corrected chi connectivity index (χ0v) is 8.40. The summed E-state index contributed by atoms with van der Waals surface area (Å²) in [5, 5.41) is 18.2. The molecule has 1 fully saturated rings. The van der Waals surface area contributed by atoms with E-state index in [4.69, 9.17) is 16.6 Å². The van der Waals surface area contributed by atoms with Gasteiger partial charge in [-0.2, -0.15) is 0 Å². The molecule has 0 bridgehead atoms. The third kappa shape index (κ3) is 1.82. The van der Waals surface area contributed by atoms with Crippen molar-refractivity contribution in [2.24, 2.45) is 11.3 Å². The molecule has 15 heavy (non-hydrogen) atoms. The predicted molar refractivity (Wildman–Crippen MR) is 53.1 cm³/mol. The van der Waals surface area contributed by atoms with E-state index in [2.05, 4.69) is 5.92 Å². The molecule has 0 saturated heterocycles. The Bertz CT molecular complexity index is 293. The van der Waals surface area contributed by atoms with Gasteiger partial charge in [-0.15, -0.1) is 12.3 Å². The summed E-state index contributed by atoms with van der Waals surface area (Å²) < 4.78 is 0. The smallest absolute Gasteiger partial charge is 0.322 e. The van der Waals surface area contributed by atoms with E-state index >= 15 is 0 Å². The minimum atomic E-state index is -1.77. The molecule has 82 valence electrons. The number of rotatable bonds is 4. The van der Waals surface area contributed by atoms with Crippen molar-refractivity contribution in [1.29, 1.82) is 0 Å². The lowest BCUT2D eigenvalue weighted by Crippen LogP contribution is -2.44. The summed E-state index contributed by atoms with van der Waals surface area (Å²) >= 11 is 0. The molecule has 0 aliphatic heterocycles. The summed E-state index contributed by atoms with van der Waals surface area (Å²) in [5.74, 6) is -0.755. The third-order valence-electron chi connectivity index (χ3n) is 3.20. The SMILES string of the molecule is C#CCC(C(=O)O)(C(=O)O)C1CCCC1. The fourth-order valence-electron chi connectivity index (χ4n) is 2.32. The van der Waals surface area contributed by atoms with Crippen LogP contribution in [0.5, 0.6) is 0 Å². The third-order valence-corrected chi connectivity index (χ3v) is 3.20. The second-order valence-electron chi connectivity index (χ2n) is 3.94. The van der Waals surface area contributed by atoms with Gasteiger partial charge in [0.25, 0.3) is 0 Å². The lowest BCUT2D eigenvalue weighted by atomic mass is 9.72. The quantitative estimate of drug-likeness (QED) is 0.542. The molecule has 0 heterocycles. The van der Waals surface area contributed by atoms with Gasteiger partial charge in [0.1, 0.15) is 0 Å². The Labute approximate surface area is 88.3 Å². The van der Waals surface area contributed by atoms with Crippen LogP contribution in [0.2, 0.25) is 0 Å². The number of aliphatic carboxylic acids is 2. The van der Waals surface area contributed by atoms with Crippen molar-refractivity contribution in [3.8, 4) is 12.3 Å². The molecular formula is C11H14O4. The van der Waals surface area contributed by atoms with Crippen molar-refractivity contribution >= 4 is 11.9 Å². The highest BCUT2D eigenvalue weighted by molar-refractivity contribution is 5.99. The van der Waals surface area contributed by atoms with Crippen molar-refractivity contribution in [3.05, 3.63) is 0 Å². The number of hydrogen-bond donors (Lipinski definition) is 2. The first-order valence-corrected chi connectivity index (χ1v) is 4.96. The molecule has 0 spiro atoms. The average Bonchev–Trinajstić information content (AvgIpc) is 2.65. The lowest BCUT2D eigenvalue weighted by molar-refractivity contribution is -0.168. The van der Waals surface area contributed by atoms with Crippen LogP contribution in [0, 0.1) is 23.7 Å². The van der Waals surface area contributed by atoms with Crippen LogP contribution < -0.4 is 0 Å². The highest BCUT2D eigenvalue weighted by atomic mass is 16.4. The summed E-state index contributed by atoms with van der Waals surface area (Å²) in [6.45, 7) is 0. The van der Waals surface area contributed by atoms with E-state index in [0.717, 1.165) is 12.8 Å². The summed E-state index contributed by atoms with van der Waals surface area (Å²) in [4.78, 5) is 22.3. The van der Waals surface area contributed by atoms with Crippen molar-refractivity contribution < 1.29 is 19.8 Å². The molecule has 4 nitrogen and oxygen atoms in total. The van der Waals surface area contributed by atoms with Gasteiger partial charge in [-0.25, -0.2) is 0 Å². The number of hydrogen-bond acceptors (Lipinski definition) is 2. The first kappa shape index (κ1) is 11.6. The van der Waals surface area contributed by atoms with Crippen LogP contribution >= 0.6 is 0 Å². The molecule has 0 aromatic rings. The Morgan fingerprint density at radius 2 is 1.73 bits per heavy atom. The van der Waals surface area contributed by atoms with E-state index in [1.54, 1.807) is 0 Å². The Kier molecular flexibility index (Phi) is 3.35. The monoisotopic (exact) mass is 210 g/mol. The summed E-state index contributed by atoms with van der Waals surface area (Å²) in [7, 11) is 0. The van der Waals surface area contributed by atoms with E-state index in [-0.39, 0.29) is 12.3 Å². The molecule has 0 amide bonds. The maximum atomic E-state index is 11.2. The van der Waals surface area contributed by atoms with Crippen LogP contribution in [0.1, 0.15) is 32.1 Å². The van der Waals surface area contributed by atoms with Crippen LogP contribution in [0.3, 0.4) is 0 Å². The van der Waals surface area contributed by atoms with Crippen molar-refractivity contribution in [3.63, 3.8) is 0 Å². The van der Waals surface area contributed by atoms with Gasteiger partial charge in [0.15, 0.2) is 5.41 Å². The first-order chi connectivity index (χ1) is 7.05. The lowest BCUT2D eigenvalue weighted by Gasteiger charge is -2.28. The van der Waals surface area contributed by atoms with Crippen LogP contribution in [-0.4, -0.2) is 22.2 Å². The standard InChI is InChI=1S/C11H14O4/c1-2-7-11(9(12)13,10(14)15)8-5-3-4-6-8/h1,8H,3-7H2,(H,12,13)(H,14,15). The number of terminal acetylenes is 1. The van der Waals surface area contributed by atoms with Gasteiger partial charge in [0.2, 0.25) is 0 Å². The van der Waals surface area contributed by atoms with Crippen LogP contribution in [0.4, 0.5) is 0 Å². The first-order valence-electron chi connectivity index (χ1n) is 4.96. The normalized spacial score (nSPS) is 17.3. The molecule has 0 atom stereocenters. The second kappa shape index (κ2) is 4.35. The van der Waals surface area contributed by atoms with Crippen LogP contribution in [0.25, 0.3) is 0 Å². The minimum Gasteiger partial charge on any atom is -0.480 e. The highest BCUT2D eigenvalue weighted by Gasteiger charge is 2.52. The Balaban J connectivity index is 3.07. The zero-order valence-electron chi connectivity index (χ0n) is 8.40. The summed E-state index contributed by atoms with van der Waals surface area (Å²) in [6.07, 6.45) is 7.90. The largest absolute Gasteiger partial charge is 0.480 e. The van der Waals surface area contributed by atoms with Crippen LogP contribution in [-0.2, 0) is 9.59 Å². The molecule has 1 saturated carbocycles. The molecule has 1 rings (SSSR count). The molecule has 1 aliphatic carbocycles. The fourth-order valence-corrected chi connectivity index (χ4v) is 2.32. The topological polar surface area (TPSA) is 74.6 Å². The molecule has 0 aromatic carbocycles. The maximum Gasteiger partial charge on any atom is 0.322 e. The maximum absolute atomic E-state index is 11.2. The van der Waals surface area contributed by atoms with Crippen molar-refractivity contribution in [2.75, 3.05) is 0 Å². The molecule has 1 aliphatic rings. The van der Waals surface area contributed by atoms with Gasteiger partial charge in [-0.3, -0.25) is 9.59 Å². The fraction of sp³-hybridized carbons (Fsp3) is 0.636. The molecule has 2 N–H and O–H groups in total. The number of carbonyl (C=O) groups is 2. The van der Waals surface area contributed by atoms with Gasteiger partial charge >= 0.3 is 11.9 Å². The van der Waals surface area contributed by atoms with Gasteiger partial charge in [0.05, 0.1) is 0 Å². The number of carboxylic acids is 2. The van der Waals surface area contributed by atoms with Gasteiger partial charge in [0, 0.05) is 6.42 Å². The molecule has 0 unspecified atom stereocenters. The Morgan fingerprint density at radius 1 is 1.27 bits per heavy atom. The Morgan fingerprint density at radius 3 is 2.07 bits per heavy atom. The van der Waals surface area contributed by atoms with Gasteiger partial charge in [-0.1, -0.05) is 12.8 Å². The summed E-state index contributed by atoms with van der Waals surface area (Å²) in [6, 6.07) is 0. The van der Waals surface area contributed by atoms with Crippen molar-refractivity contribution in [1.82, 2.24) is 0 Å². The molecule has 0 aromatic heterocycles. The zero-order chi connectivity index (χ0) is 11.5. The van der Waals surface area contributed by atoms with E-state index in [1.165, 1.54) is 0 Å². The van der Waals surface area contributed by atoms with Gasteiger partial charge in [-0.05, 0) is 18.8 Å². The van der Waals surface area contributed by atoms with Gasteiger partial charge < -0.3 is 10.2 Å². The van der Waals surface area contributed by atoms with E-state index in [9.17, 15) is 9.59 Å². The minimum absolute atomic E-state index is 0.234. The average molecular weight is 210 g/mol. The van der Waals surface area contributed by atoms with E-state index in [0.29, 0.717) is 12.8 Å². The molecule has 4 heteroatoms. The van der Waals surface area contributed by atoms with E-state index < -0.39 is 17.4 Å². The molecular weight excluding hydrogens is 196 g/mol. The predicted octanol–water partition coefficient (Wildman–Crippen LogP) is 1.36. The number of carboxylic acid groups (broad SMARTS) is 2. The van der Waals surface area contributed by atoms with Crippen LogP contribution in [0.15, 0.2) is 0 Å². The van der Waals surface area contributed by atoms with E-state index in [1.807, 2.05) is 0 Å². The Hall–Kier alpha value is -1.50. The second-order valence-corrected chi connectivity index (χ2v) is 3.94. The highest BCUT2D eigenvalue weighted by Crippen LogP contribution is 2.42. The summed E-state index contributed by atoms with van der Waals surface area (Å²) in [5.41, 5.74) is -1.77.